The average molecular weight is 397 g/mol. The van der Waals surface area contributed by atoms with Crippen molar-refractivity contribution in [1.29, 1.82) is 0 Å². The summed E-state index contributed by atoms with van der Waals surface area (Å²) in [5.41, 5.74) is -2.98. The summed E-state index contributed by atoms with van der Waals surface area (Å²) in [7, 11) is 0. The van der Waals surface area contributed by atoms with Crippen LogP contribution in [0.15, 0.2) is 0 Å². The van der Waals surface area contributed by atoms with Crippen LogP contribution >= 0.6 is 17.1 Å². The topological polar surface area (TPSA) is 40.5 Å². The molecule has 0 saturated heterocycles. The SMILES string of the molecule is CCCCCCCCCCCCC(C)CC(C)(C)CSP(O)(O)=S. The zero-order valence-electron chi connectivity index (χ0n) is 16.4. The second kappa shape index (κ2) is 14.0. The van der Waals surface area contributed by atoms with Gasteiger partial charge in [0, 0.05) is 5.75 Å². The van der Waals surface area contributed by atoms with E-state index in [0.717, 1.165) is 23.6 Å². The fourth-order valence-electron chi connectivity index (χ4n) is 3.34. The highest BCUT2D eigenvalue weighted by molar-refractivity contribution is 8.67. The Bertz CT molecular complexity index is 342. The van der Waals surface area contributed by atoms with Crippen molar-refractivity contribution in [2.75, 3.05) is 5.75 Å². The van der Waals surface area contributed by atoms with Gasteiger partial charge >= 0.3 is 0 Å². The van der Waals surface area contributed by atoms with E-state index < -0.39 is 5.69 Å². The maximum Gasteiger partial charge on any atom is 0.242 e. The largest absolute Gasteiger partial charge is 0.338 e. The predicted octanol–water partition coefficient (Wildman–Crippen LogP) is 7.29. The smallest absolute Gasteiger partial charge is 0.242 e. The van der Waals surface area contributed by atoms with Crippen molar-refractivity contribution in [3.63, 3.8) is 0 Å². The Balaban J connectivity index is 3.58. The van der Waals surface area contributed by atoms with Crippen LogP contribution in [0.2, 0.25) is 0 Å². The predicted molar refractivity (Wildman–Crippen MR) is 115 cm³/mol. The van der Waals surface area contributed by atoms with Gasteiger partial charge in [0.25, 0.3) is 0 Å². The summed E-state index contributed by atoms with van der Waals surface area (Å²) in [6.07, 6.45) is 16.3. The Hall–Kier alpha value is 0.920. The lowest BCUT2D eigenvalue weighted by Crippen LogP contribution is -2.18. The van der Waals surface area contributed by atoms with Gasteiger partial charge in [0.05, 0.1) is 0 Å². The van der Waals surface area contributed by atoms with Gasteiger partial charge in [-0.1, -0.05) is 110 Å². The molecule has 0 aromatic heterocycles. The van der Waals surface area contributed by atoms with Gasteiger partial charge in [-0.25, -0.2) is 0 Å². The van der Waals surface area contributed by atoms with E-state index >= 15 is 0 Å². The van der Waals surface area contributed by atoms with E-state index in [4.69, 9.17) is 11.8 Å². The van der Waals surface area contributed by atoms with Crippen LogP contribution in [-0.4, -0.2) is 15.5 Å². The van der Waals surface area contributed by atoms with Crippen LogP contribution in [0.1, 0.15) is 105 Å². The lowest BCUT2D eigenvalue weighted by Gasteiger charge is -2.28. The molecule has 0 radical (unpaired) electrons. The zero-order chi connectivity index (χ0) is 18.5. The molecule has 0 aliphatic carbocycles. The standard InChI is InChI=1S/C19H41O2PS2/c1-5-6-7-8-9-10-11-12-13-14-15-18(2)16-19(3,4)17-24-22(20,21)23/h18H,5-17H2,1-4H3,(H2,20,21,23). The molecule has 0 bridgehead atoms. The van der Waals surface area contributed by atoms with E-state index in [0.29, 0.717) is 5.92 Å². The van der Waals surface area contributed by atoms with Crippen LogP contribution in [0.4, 0.5) is 0 Å². The summed E-state index contributed by atoms with van der Waals surface area (Å²) in [4.78, 5) is 18.7. The van der Waals surface area contributed by atoms with E-state index in [-0.39, 0.29) is 5.41 Å². The minimum atomic E-state index is -3.10. The Morgan fingerprint density at radius 1 is 0.917 bits per heavy atom. The van der Waals surface area contributed by atoms with Crippen LogP contribution in [0.25, 0.3) is 0 Å². The molecule has 0 spiro atoms. The normalized spacial score (nSPS) is 14.1. The molecule has 0 aromatic carbocycles. The van der Waals surface area contributed by atoms with Crippen LogP contribution in [0, 0.1) is 11.3 Å². The minimum Gasteiger partial charge on any atom is -0.338 e. The molecule has 0 aliphatic heterocycles. The molecule has 1 unspecified atom stereocenters. The molecular weight excluding hydrogens is 355 g/mol. The van der Waals surface area contributed by atoms with Crippen molar-refractivity contribution in [3.8, 4) is 0 Å². The fourth-order valence-corrected chi connectivity index (χ4v) is 6.01. The highest BCUT2D eigenvalue weighted by atomic mass is 32.9. The summed E-state index contributed by atoms with van der Waals surface area (Å²) < 4.78 is 0. The van der Waals surface area contributed by atoms with Gasteiger partial charge < -0.3 is 9.79 Å². The fraction of sp³-hybridized carbons (Fsp3) is 1.00. The van der Waals surface area contributed by atoms with E-state index in [9.17, 15) is 9.79 Å². The first-order valence-electron chi connectivity index (χ1n) is 9.86. The zero-order valence-corrected chi connectivity index (χ0v) is 19.0. The molecule has 24 heavy (non-hydrogen) atoms. The Morgan fingerprint density at radius 2 is 1.38 bits per heavy atom. The van der Waals surface area contributed by atoms with Gasteiger partial charge in [0.1, 0.15) is 0 Å². The number of unbranched alkanes of at least 4 members (excludes halogenated alkanes) is 9. The molecule has 2 N–H and O–H groups in total. The molecule has 0 aliphatic rings. The van der Waals surface area contributed by atoms with Crippen LogP contribution in [-0.2, 0) is 11.8 Å². The first kappa shape index (κ1) is 24.9. The van der Waals surface area contributed by atoms with Crippen LogP contribution in [0.5, 0.6) is 0 Å². The van der Waals surface area contributed by atoms with Crippen molar-refractivity contribution < 1.29 is 9.79 Å². The molecule has 5 heteroatoms. The molecule has 0 heterocycles. The molecule has 0 saturated carbocycles. The maximum atomic E-state index is 9.36. The van der Waals surface area contributed by atoms with Gasteiger partial charge in [0.15, 0.2) is 0 Å². The van der Waals surface area contributed by atoms with Gasteiger partial charge in [-0.15, -0.1) is 0 Å². The second-order valence-corrected chi connectivity index (χ2v) is 14.3. The Morgan fingerprint density at radius 3 is 1.83 bits per heavy atom. The number of rotatable bonds is 16. The first-order valence-corrected chi connectivity index (χ1v) is 14.2. The number of hydrogen-bond donors (Lipinski definition) is 2. The molecule has 1 atom stereocenters. The summed E-state index contributed by atoms with van der Waals surface area (Å²) >= 11 is 5.87. The molecular formula is C19H41O2PS2. The highest BCUT2D eigenvalue weighted by Crippen LogP contribution is 2.53. The molecule has 0 rings (SSSR count). The average Bonchev–Trinajstić information content (AvgIpc) is 2.46. The molecule has 2 nitrogen and oxygen atoms in total. The van der Waals surface area contributed by atoms with Gasteiger partial charge in [-0.2, -0.15) is 0 Å². The molecule has 0 amide bonds. The summed E-state index contributed by atoms with van der Waals surface area (Å²) in [5.74, 6) is 1.43. The third-order valence-corrected chi connectivity index (χ3v) is 8.17. The van der Waals surface area contributed by atoms with Crippen LogP contribution < -0.4 is 0 Å². The van der Waals surface area contributed by atoms with E-state index in [2.05, 4.69) is 27.7 Å². The highest BCUT2D eigenvalue weighted by Gasteiger charge is 2.24. The molecule has 146 valence electrons. The van der Waals surface area contributed by atoms with Crippen molar-refractivity contribution >= 4 is 28.9 Å². The lowest BCUT2D eigenvalue weighted by molar-refractivity contribution is 0.297. The van der Waals surface area contributed by atoms with Crippen molar-refractivity contribution in [3.05, 3.63) is 0 Å². The third kappa shape index (κ3) is 17.7. The molecule has 0 aromatic rings. The summed E-state index contributed by atoms with van der Waals surface area (Å²) in [6, 6.07) is 0. The van der Waals surface area contributed by atoms with Crippen molar-refractivity contribution in [2.45, 2.75) is 105 Å². The summed E-state index contributed by atoms with van der Waals surface area (Å²) in [6.45, 7) is 9.02. The van der Waals surface area contributed by atoms with E-state index in [1.54, 1.807) is 0 Å². The maximum absolute atomic E-state index is 9.36. The lowest BCUT2D eigenvalue weighted by atomic mass is 9.83. The quantitative estimate of drug-likeness (QED) is 0.212. The van der Waals surface area contributed by atoms with Gasteiger partial charge in [-0.05, 0) is 29.6 Å². The van der Waals surface area contributed by atoms with Crippen molar-refractivity contribution in [1.82, 2.24) is 0 Å². The molecule has 0 fully saturated rings. The Labute approximate surface area is 160 Å². The minimum absolute atomic E-state index is 0.123. The van der Waals surface area contributed by atoms with Gasteiger partial charge in [0.2, 0.25) is 5.69 Å². The van der Waals surface area contributed by atoms with Crippen LogP contribution in [0.3, 0.4) is 0 Å². The van der Waals surface area contributed by atoms with Crippen molar-refractivity contribution in [2.24, 2.45) is 11.3 Å². The third-order valence-electron chi connectivity index (χ3n) is 4.57. The number of hydrogen-bond acceptors (Lipinski definition) is 2. The monoisotopic (exact) mass is 396 g/mol. The van der Waals surface area contributed by atoms with E-state index in [1.165, 1.54) is 70.6 Å². The first-order chi connectivity index (χ1) is 11.2. The van der Waals surface area contributed by atoms with E-state index in [1.807, 2.05) is 0 Å². The Kier molecular flexibility index (Phi) is 14.6. The van der Waals surface area contributed by atoms with Gasteiger partial charge in [-0.3, -0.25) is 0 Å². The second-order valence-electron chi connectivity index (χ2n) is 8.21. The summed E-state index contributed by atoms with van der Waals surface area (Å²) in [5, 5.41) is 0.